The van der Waals surface area contributed by atoms with Crippen molar-refractivity contribution in [2.75, 3.05) is 0 Å². The topological polar surface area (TPSA) is 40.5 Å². The van der Waals surface area contributed by atoms with Gasteiger partial charge in [-0.05, 0) is 36.7 Å². The van der Waals surface area contributed by atoms with E-state index < -0.39 is 7.12 Å². The van der Waals surface area contributed by atoms with E-state index in [1.807, 2.05) is 0 Å². The second-order valence-corrected chi connectivity index (χ2v) is 5.35. The molecular formula is C16H27BO2. The molecule has 0 unspecified atom stereocenters. The molecule has 0 amide bonds. The van der Waals surface area contributed by atoms with Gasteiger partial charge in [0.2, 0.25) is 0 Å². The summed E-state index contributed by atoms with van der Waals surface area (Å²) in [5, 5.41) is 17.7. The van der Waals surface area contributed by atoms with Crippen LogP contribution >= 0.6 is 0 Å². The highest BCUT2D eigenvalue weighted by Gasteiger charge is 2.06. The summed E-state index contributed by atoms with van der Waals surface area (Å²) in [6.45, 7) is 2.25. The highest BCUT2D eigenvalue weighted by molar-refractivity contribution is 6.40. The van der Waals surface area contributed by atoms with Crippen molar-refractivity contribution in [3.8, 4) is 0 Å². The molecule has 1 rings (SSSR count). The molecule has 0 saturated heterocycles. The predicted molar refractivity (Wildman–Crippen MR) is 82.2 cm³/mol. The lowest BCUT2D eigenvalue weighted by Crippen LogP contribution is -2.11. The molecule has 0 atom stereocenters. The summed E-state index contributed by atoms with van der Waals surface area (Å²) in [6.07, 6.45) is 10.3. The number of hydrogen-bond donors (Lipinski definition) is 2. The SMILES string of the molecule is CCCCCCCCc1ccc(CCB(O)O)cc1. The first-order valence-corrected chi connectivity index (χ1v) is 7.66. The Morgan fingerprint density at radius 3 is 1.89 bits per heavy atom. The maximum absolute atomic E-state index is 8.83. The average Bonchev–Trinajstić information content (AvgIpc) is 2.41. The van der Waals surface area contributed by atoms with Crippen molar-refractivity contribution < 1.29 is 10.0 Å². The maximum atomic E-state index is 8.83. The highest BCUT2D eigenvalue weighted by atomic mass is 16.4. The van der Waals surface area contributed by atoms with E-state index in [0.717, 1.165) is 12.8 Å². The third kappa shape index (κ3) is 8.07. The minimum absolute atomic E-state index is 0.413. The normalized spacial score (nSPS) is 10.7. The first-order chi connectivity index (χ1) is 9.22. The molecular weight excluding hydrogens is 235 g/mol. The van der Waals surface area contributed by atoms with Crippen molar-refractivity contribution in [1.29, 1.82) is 0 Å². The molecule has 2 N–H and O–H groups in total. The van der Waals surface area contributed by atoms with Gasteiger partial charge in [-0.3, -0.25) is 0 Å². The summed E-state index contributed by atoms with van der Waals surface area (Å²) in [4.78, 5) is 0. The van der Waals surface area contributed by atoms with Crippen LogP contribution in [0.5, 0.6) is 0 Å². The third-order valence-electron chi connectivity index (χ3n) is 3.53. The van der Waals surface area contributed by atoms with E-state index in [0.29, 0.717) is 6.32 Å². The summed E-state index contributed by atoms with van der Waals surface area (Å²) in [7, 11) is -1.19. The van der Waals surface area contributed by atoms with Crippen LogP contribution < -0.4 is 0 Å². The van der Waals surface area contributed by atoms with Crippen molar-refractivity contribution >= 4 is 7.12 Å². The third-order valence-corrected chi connectivity index (χ3v) is 3.53. The number of benzene rings is 1. The summed E-state index contributed by atoms with van der Waals surface area (Å²) in [6, 6.07) is 8.56. The minimum Gasteiger partial charge on any atom is -0.427 e. The van der Waals surface area contributed by atoms with Gasteiger partial charge in [0.1, 0.15) is 0 Å². The predicted octanol–water partition coefficient (Wildman–Crippen LogP) is 3.60. The van der Waals surface area contributed by atoms with Gasteiger partial charge in [-0.15, -0.1) is 0 Å². The smallest absolute Gasteiger partial charge is 0.427 e. The molecule has 0 fully saturated rings. The Hall–Kier alpha value is -0.795. The average molecular weight is 262 g/mol. The number of rotatable bonds is 10. The summed E-state index contributed by atoms with van der Waals surface area (Å²) < 4.78 is 0. The molecule has 2 nitrogen and oxygen atoms in total. The Morgan fingerprint density at radius 1 is 0.789 bits per heavy atom. The Labute approximate surface area is 118 Å². The molecule has 0 aliphatic rings. The molecule has 1 aromatic rings. The van der Waals surface area contributed by atoms with Gasteiger partial charge in [-0.1, -0.05) is 63.3 Å². The molecule has 0 radical (unpaired) electrons. The van der Waals surface area contributed by atoms with Crippen molar-refractivity contribution in [3.63, 3.8) is 0 Å². The highest BCUT2D eigenvalue weighted by Crippen LogP contribution is 2.12. The second kappa shape index (κ2) is 10.0. The molecule has 3 heteroatoms. The van der Waals surface area contributed by atoms with Gasteiger partial charge in [0.15, 0.2) is 0 Å². The molecule has 0 bridgehead atoms. The maximum Gasteiger partial charge on any atom is 0.451 e. The van der Waals surface area contributed by atoms with Gasteiger partial charge in [0, 0.05) is 0 Å². The fraction of sp³-hybridized carbons (Fsp3) is 0.625. The van der Waals surface area contributed by atoms with E-state index in [9.17, 15) is 0 Å². The number of aryl methyl sites for hydroxylation is 2. The van der Waals surface area contributed by atoms with Crippen LogP contribution in [-0.2, 0) is 12.8 Å². The zero-order chi connectivity index (χ0) is 13.9. The van der Waals surface area contributed by atoms with Crippen LogP contribution in [0.25, 0.3) is 0 Å². The van der Waals surface area contributed by atoms with E-state index in [-0.39, 0.29) is 0 Å². The lowest BCUT2D eigenvalue weighted by Gasteiger charge is -2.04. The van der Waals surface area contributed by atoms with Crippen LogP contribution in [0, 0.1) is 0 Å². The van der Waals surface area contributed by atoms with E-state index in [2.05, 4.69) is 31.2 Å². The van der Waals surface area contributed by atoms with E-state index in [4.69, 9.17) is 10.0 Å². The summed E-state index contributed by atoms with van der Waals surface area (Å²) >= 11 is 0. The van der Waals surface area contributed by atoms with Crippen LogP contribution in [0.15, 0.2) is 24.3 Å². The first kappa shape index (κ1) is 16.3. The lowest BCUT2D eigenvalue weighted by molar-refractivity contribution is 0.405. The van der Waals surface area contributed by atoms with E-state index in [1.165, 1.54) is 49.7 Å². The molecule has 0 aromatic heterocycles. The van der Waals surface area contributed by atoms with Crippen molar-refractivity contribution in [3.05, 3.63) is 35.4 Å². The van der Waals surface area contributed by atoms with Crippen molar-refractivity contribution in [1.82, 2.24) is 0 Å². The summed E-state index contributed by atoms with van der Waals surface area (Å²) in [5.74, 6) is 0. The van der Waals surface area contributed by atoms with Crippen LogP contribution in [0.1, 0.15) is 56.6 Å². The Balaban J connectivity index is 2.17. The Kier molecular flexibility index (Phi) is 8.60. The molecule has 0 saturated carbocycles. The lowest BCUT2D eigenvalue weighted by atomic mass is 9.82. The van der Waals surface area contributed by atoms with Crippen LogP contribution in [0.4, 0.5) is 0 Å². The molecule has 0 heterocycles. The monoisotopic (exact) mass is 262 g/mol. The molecule has 0 aliphatic carbocycles. The fourth-order valence-corrected chi connectivity index (χ4v) is 2.28. The van der Waals surface area contributed by atoms with Gasteiger partial charge in [0.05, 0.1) is 0 Å². The van der Waals surface area contributed by atoms with Gasteiger partial charge >= 0.3 is 7.12 Å². The first-order valence-electron chi connectivity index (χ1n) is 7.66. The zero-order valence-corrected chi connectivity index (χ0v) is 12.1. The second-order valence-electron chi connectivity index (χ2n) is 5.35. The van der Waals surface area contributed by atoms with Crippen LogP contribution in [0.3, 0.4) is 0 Å². The van der Waals surface area contributed by atoms with Crippen molar-refractivity contribution in [2.24, 2.45) is 0 Å². The van der Waals surface area contributed by atoms with Gasteiger partial charge in [0.25, 0.3) is 0 Å². The van der Waals surface area contributed by atoms with Gasteiger partial charge in [-0.2, -0.15) is 0 Å². The van der Waals surface area contributed by atoms with E-state index in [1.54, 1.807) is 0 Å². The molecule has 1 aromatic carbocycles. The van der Waals surface area contributed by atoms with Gasteiger partial charge < -0.3 is 10.0 Å². The Morgan fingerprint density at radius 2 is 1.32 bits per heavy atom. The standard InChI is InChI=1S/C16H27BO2/c1-2-3-4-5-6-7-8-15-9-11-16(12-10-15)13-14-17(18)19/h9-12,18-19H,2-8,13-14H2,1H3. The minimum atomic E-state index is -1.19. The number of hydrogen-bond acceptors (Lipinski definition) is 2. The number of unbranched alkanes of at least 4 members (excludes halogenated alkanes) is 5. The summed E-state index contributed by atoms with van der Waals surface area (Å²) in [5.41, 5.74) is 2.57. The molecule has 19 heavy (non-hydrogen) atoms. The fourth-order valence-electron chi connectivity index (χ4n) is 2.28. The largest absolute Gasteiger partial charge is 0.451 e. The zero-order valence-electron chi connectivity index (χ0n) is 12.1. The Bertz CT molecular complexity index is 322. The molecule has 0 aliphatic heterocycles. The van der Waals surface area contributed by atoms with E-state index >= 15 is 0 Å². The molecule has 0 spiro atoms. The van der Waals surface area contributed by atoms with Crippen molar-refractivity contribution in [2.45, 2.75) is 64.6 Å². The van der Waals surface area contributed by atoms with Crippen LogP contribution in [0.2, 0.25) is 6.32 Å². The molecule has 106 valence electrons. The quantitative estimate of drug-likeness (QED) is 0.499. The van der Waals surface area contributed by atoms with Gasteiger partial charge in [-0.25, -0.2) is 0 Å². The van der Waals surface area contributed by atoms with Crippen LogP contribution in [-0.4, -0.2) is 17.2 Å².